The third-order valence-corrected chi connectivity index (χ3v) is 4.71. The van der Waals surface area contributed by atoms with Crippen LogP contribution < -0.4 is 15.4 Å². The zero-order valence-electron chi connectivity index (χ0n) is 17.8. The molecule has 2 N–H and O–H groups in total. The quantitative estimate of drug-likeness (QED) is 0.504. The van der Waals surface area contributed by atoms with Gasteiger partial charge in [0.1, 0.15) is 5.75 Å². The summed E-state index contributed by atoms with van der Waals surface area (Å²) in [6.07, 6.45) is 2.42. The molecule has 0 aliphatic carbocycles. The van der Waals surface area contributed by atoms with E-state index in [2.05, 4.69) is 43.5 Å². The third-order valence-electron chi connectivity index (χ3n) is 4.71. The Balaban J connectivity index is 1.81. The molecule has 2 rings (SSSR count). The van der Waals surface area contributed by atoms with Gasteiger partial charge in [-0.1, -0.05) is 32.9 Å². The largest absolute Gasteiger partial charge is 0.493 e. The Labute approximate surface area is 169 Å². The molecule has 6 heteroatoms. The third kappa shape index (κ3) is 7.41. The summed E-state index contributed by atoms with van der Waals surface area (Å²) < 4.78 is 5.73. The van der Waals surface area contributed by atoms with Gasteiger partial charge in [0, 0.05) is 38.6 Å². The highest BCUT2D eigenvalue weighted by molar-refractivity contribution is 5.80. The van der Waals surface area contributed by atoms with E-state index in [1.165, 1.54) is 5.56 Å². The molecule has 1 aromatic carbocycles. The normalized spacial score (nSPS) is 17.1. The lowest BCUT2D eigenvalue weighted by atomic mass is 10.1. The van der Waals surface area contributed by atoms with Gasteiger partial charge in [-0.05, 0) is 43.4 Å². The maximum absolute atomic E-state index is 11.8. The van der Waals surface area contributed by atoms with E-state index in [4.69, 9.17) is 9.73 Å². The van der Waals surface area contributed by atoms with Crippen LogP contribution in [0.1, 0.15) is 46.1 Å². The molecule has 1 fully saturated rings. The first-order valence-electron chi connectivity index (χ1n) is 10.6. The number of hydrogen-bond acceptors (Lipinski definition) is 3. The molecule has 1 aliphatic rings. The van der Waals surface area contributed by atoms with Crippen molar-refractivity contribution in [3.05, 3.63) is 29.8 Å². The molecule has 0 bridgehead atoms. The monoisotopic (exact) mass is 388 g/mol. The molecule has 1 heterocycles. The van der Waals surface area contributed by atoms with Crippen LogP contribution in [-0.4, -0.2) is 55.6 Å². The van der Waals surface area contributed by atoms with Crippen LogP contribution in [-0.2, 0) is 11.2 Å². The minimum Gasteiger partial charge on any atom is -0.493 e. The molecule has 1 unspecified atom stereocenters. The molecule has 28 heavy (non-hydrogen) atoms. The van der Waals surface area contributed by atoms with E-state index in [9.17, 15) is 4.79 Å². The minimum absolute atomic E-state index is 0.229. The Morgan fingerprint density at radius 2 is 2.04 bits per heavy atom. The molecule has 6 nitrogen and oxygen atoms in total. The highest BCUT2D eigenvalue weighted by Gasteiger charge is 2.25. The summed E-state index contributed by atoms with van der Waals surface area (Å²) in [6.45, 7) is 12.1. The van der Waals surface area contributed by atoms with Gasteiger partial charge in [-0.15, -0.1) is 0 Å². The van der Waals surface area contributed by atoms with Crippen molar-refractivity contribution in [2.45, 2.75) is 53.0 Å². The van der Waals surface area contributed by atoms with Crippen molar-refractivity contribution in [2.75, 3.05) is 32.8 Å². The number of likely N-dealkylation sites (tertiary alicyclic amines) is 1. The van der Waals surface area contributed by atoms with Gasteiger partial charge in [0.2, 0.25) is 5.91 Å². The van der Waals surface area contributed by atoms with Crippen molar-refractivity contribution in [1.29, 1.82) is 0 Å². The van der Waals surface area contributed by atoms with Crippen LogP contribution in [0.25, 0.3) is 0 Å². The van der Waals surface area contributed by atoms with E-state index in [0.717, 1.165) is 50.8 Å². The van der Waals surface area contributed by atoms with Crippen LogP contribution in [0.3, 0.4) is 0 Å². The van der Waals surface area contributed by atoms with Gasteiger partial charge in [0.05, 0.1) is 6.61 Å². The molecule has 156 valence electrons. The molecule has 0 radical (unpaired) electrons. The van der Waals surface area contributed by atoms with Crippen molar-refractivity contribution in [3.63, 3.8) is 0 Å². The highest BCUT2D eigenvalue weighted by Crippen LogP contribution is 2.14. The van der Waals surface area contributed by atoms with Crippen LogP contribution in [0, 0.1) is 5.92 Å². The SMILES string of the molecule is CCNC(=NCCc1ccc(OCC(C)C)cc1)NC1CCN(C(=O)CC)C1. The van der Waals surface area contributed by atoms with Crippen LogP contribution in [0.4, 0.5) is 0 Å². The summed E-state index contributed by atoms with van der Waals surface area (Å²) in [5, 5.41) is 6.78. The Hall–Kier alpha value is -2.24. The Morgan fingerprint density at radius 3 is 2.68 bits per heavy atom. The Kier molecular flexibility index (Phi) is 9.11. The fraction of sp³-hybridized carbons (Fsp3) is 0.636. The molecule has 1 aliphatic heterocycles. The van der Waals surface area contributed by atoms with Gasteiger partial charge in [0.25, 0.3) is 0 Å². The average Bonchev–Trinajstić information content (AvgIpc) is 3.15. The predicted molar refractivity (Wildman–Crippen MR) is 115 cm³/mol. The average molecular weight is 389 g/mol. The zero-order chi connectivity index (χ0) is 20.4. The minimum atomic E-state index is 0.229. The Bertz CT molecular complexity index is 628. The lowest BCUT2D eigenvalue weighted by molar-refractivity contribution is -0.129. The molecule has 1 saturated heterocycles. The van der Waals surface area contributed by atoms with Gasteiger partial charge in [-0.2, -0.15) is 0 Å². The number of rotatable bonds is 9. The fourth-order valence-electron chi connectivity index (χ4n) is 3.15. The fourth-order valence-corrected chi connectivity index (χ4v) is 3.15. The summed E-state index contributed by atoms with van der Waals surface area (Å²) in [5.41, 5.74) is 1.25. The molecule has 1 atom stereocenters. The standard InChI is InChI=1S/C22H36N4O2/c1-5-21(27)26-14-12-19(15-26)25-22(23-6-2)24-13-11-18-7-9-20(10-8-18)28-16-17(3)4/h7-10,17,19H,5-6,11-16H2,1-4H3,(H2,23,24,25). The highest BCUT2D eigenvalue weighted by atomic mass is 16.5. The van der Waals surface area contributed by atoms with Crippen molar-refractivity contribution in [1.82, 2.24) is 15.5 Å². The number of amides is 1. The maximum Gasteiger partial charge on any atom is 0.222 e. The van der Waals surface area contributed by atoms with Gasteiger partial charge in [-0.25, -0.2) is 0 Å². The number of guanidine groups is 1. The van der Waals surface area contributed by atoms with E-state index < -0.39 is 0 Å². The summed E-state index contributed by atoms with van der Waals surface area (Å²) in [7, 11) is 0. The molecule has 0 spiro atoms. The number of carbonyl (C=O) groups is 1. The number of carbonyl (C=O) groups excluding carboxylic acids is 1. The molecule has 1 aromatic rings. The predicted octanol–water partition coefficient (Wildman–Crippen LogP) is 2.83. The number of nitrogens with one attached hydrogen (secondary N) is 2. The molecule has 0 saturated carbocycles. The van der Waals surface area contributed by atoms with E-state index >= 15 is 0 Å². The first-order valence-corrected chi connectivity index (χ1v) is 10.6. The van der Waals surface area contributed by atoms with Crippen molar-refractivity contribution >= 4 is 11.9 Å². The van der Waals surface area contributed by atoms with Crippen molar-refractivity contribution < 1.29 is 9.53 Å². The van der Waals surface area contributed by atoms with E-state index in [0.29, 0.717) is 18.9 Å². The van der Waals surface area contributed by atoms with E-state index in [1.807, 2.05) is 24.0 Å². The van der Waals surface area contributed by atoms with Crippen molar-refractivity contribution in [2.24, 2.45) is 10.9 Å². The van der Waals surface area contributed by atoms with E-state index in [1.54, 1.807) is 0 Å². The van der Waals surface area contributed by atoms with Crippen molar-refractivity contribution in [3.8, 4) is 5.75 Å². The zero-order valence-corrected chi connectivity index (χ0v) is 17.8. The summed E-state index contributed by atoms with van der Waals surface area (Å²) in [6, 6.07) is 8.55. The summed E-state index contributed by atoms with van der Waals surface area (Å²) in [4.78, 5) is 18.5. The number of nitrogens with zero attached hydrogens (tertiary/aromatic N) is 2. The number of benzene rings is 1. The molecule has 0 aromatic heterocycles. The molecular weight excluding hydrogens is 352 g/mol. The molecule has 1 amide bonds. The summed E-state index contributed by atoms with van der Waals surface area (Å²) >= 11 is 0. The second kappa shape index (κ2) is 11.6. The maximum atomic E-state index is 11.8. The van der Waals surface area contributed by atoms with E-state index in [-0.39, 0.29) is 11.9 Å². The first kappa shape index (κ1) is 22.1. The van der Waals surface area contributed by atoms with Crippen LogP contribution in [0.5, 0.6) is 5.75 Å². The number of ether oxygens (including phenoxy) is 1. The lowest BCUT2D eigenvalue weighted by Gasteiger charge is -2.18. The second-order valence-electron chi connectivity index (χ2n) is 7.68. The van der Waals surface area contributed by atoms with Gasteiger partial charge < -0.3 is 20.3 Å². The van der Waals surface area contributed by atoms with Crippen LogP contribution in [0.15, 0.2) is 29.3 Å². The second-order valence-corrected chi connectivity index (χ2v) is 7.68. The number of hydrogen-bond donors (Lipinski definition) is 2. The molecular formula is C22H36N4O2. The van der Waals surface area contributed by atoms with Gasteiger partial charge in [-0.3, -0.25) is 9.79 Å². The Morgan fingerprint density at radius 1 is 1.29 bits per heavy atom. The van der Waals surface area contributed by atoms with Gasteiger partial charge >= 0.3 is 0 Å². The van der Waals surface area contributed by atoms with Gasteiger partial charge in [0.15, 0.2) is 5.96 Å². The number of aliphatic imine (C=N–C) groups is 1. The van der Waals surface area contributed by atoms with Crippen LogP contribution in [0.2, 0.25) is 0 Å². The first-order chi connectivity index (χ1) is 13.5. The smallest absolute Gasteiger partial charge is 0.222 e. The topological polar surface area (TPSA) is 66.0 Å². The van der Waals surface area contributed by atoms with Crippen LogP contribution >= 0.6 is 0 Å². The lowest BCUT2D eigenvalue weighted by Crippen LogP contribution is -2.45. The summed E-state index contributed by atoms with van der Waals surface area (Å²) in [5.74, 6) is 2.50.